The van der Waals surface area contributed by atoms with Gasteiger partial charge in [0.15, 0.2) is 0 Å². The number of carbonyl (C=O) groups is 2. The van der Waals surface area contributed by atoms with Crippen LogP contribution in [0.15, 0.2) is 30.3 Å². The molecular weight excluding hydrogens is 584 g/mol. The molecule has 2 heterocycles. The van der Waals surface area contributed by atoms with E-state index < -0.39 is 28.9 Å². The first-order valence-electron chi connectivity index (χ1n) is 15.3. The van der Waals surface area contributed by atoms with Gasteiger partial charge in [-0.1, -0.05) is 24.6 Å². The van der Waals surface area contributed by atoms with Gasteiger partial charge in [0.05, 0.1) is 16.5 Å². The lowest BCUT2D eigenvalue weighted by Gasteiger charge is -2.48. The number of carbonyl (C=O) groups excluding carboxylic acids is 1. The van der Waals surface area contributed by atoms with Gasteiger partial charge in [-0.2, -0.15) is 13.2 Å². The zero-order valence-electron chi connectivity index (χ0n) is 24.2. The van der Waals surface area contributed by atoms with Gasteiger partial charge in [-0.15, -0.1) is 0 Å². The summed E-state index contributed by atoms with van der Waals surface area (Å²) in [5.41, 5.74) is 0.543. The van der Waals surface area contributed by atoms with Crippen LogP contribution in [-0.4, -0.2) is 52.5 Å². The summed E-state index contributed by atoms with van der Waals surface area (Å²) >= 11 is 6.24. The molecule has 0 unspecified atom stereocenters. The van der Waals surface area contributed by atoms with E-state index in [1.165, 1.54) is 12.1 Å². The molecule has 3 fully saturated rings. The number of rotatable bonds is 5. The van der Waals surface area contributed by atoms with E-state index in [1.54, 1.807) is 11.0 Å². The molecule has 232 valence electrons. The minimum Gasteiger partial charge on any atom is -0.478 e. The summed E-state index contributed by atoms with van der Waals surface area (Å²) in [5.74, 6) is -1.15. The monoisotopic (exact) mass is 620 g/mol. The summed E-state index contributed by atoms with van der Waals surface area (Å²) in [6, 6.07) is 6.91. The molecule has 6 rings (SSSR count). The number of alkyl halides is 3. The Balaban J connectivity index is 1.11. The molecule has 0 spiro atoms. The van der Waals surface area contributed by atoms with Crippen molar-refractivity contribution in [2.45, 2.75) is 83.0 Å². The van der Waals surface area contributed by atoms with Crippen LogP contribution in [0.1, 0.15) is 90.4 Å². The Morgan fingerprint density at radius 1 is 1.02 bits per heavy atom. The van der Waals surface area contributed by atoms with E-state index in [0.717, 1.165) is 75.7 Å². The maximum atomic E-state index is 14.2. The average Bonchev–Trinajstić information content (AvgIpc) is 3.82. The number of aromatic carboxylic acids is 1. The van der Waals surface area contributed by atoms with Crippen LogP contribution in [0.2, 0.25) is 5.02 Å². The number of piperidine rings is 1. The number of nitrogens with zero attached hydrogens (tertiary/aromatic N) is 2. The predicted octanol–water partition coefficient (Wildman–Crippen LogP) is 7.55. The van der Waals surface area contributed by atoms with E-state index in [4.69, 9.17) is 11.6 Å². The molecule has 0 radical (unpaired) electrons. The Morgan fingerprint density at radius 3 is 2.37 bits per heavy atom. The van der Waals surface area contributed by atoms with Crippen molar-refractivity contribution in [2.75, 3.05) is 19.6 Å². The maximum absolute atomic E-state index is 14.2. The number of hydrogen-bond acceptors (Lipinski definition) is 3. The van der Waals surface area contributed by atoms with E-state index in [2.05, 4.69) is 11.8 Å². The number of amides is 1. The van der Waals surface area contributed by atoms with E-state index in [0.29, 0.717) is 36.1 Å². The Morgan fingerprint density at radius 2 is 1.74 bits per heavy atom. The third-order valence-corrected chi connectivity index (χ3v) is 11.0. The van der Waals surface area contributed by atoms with Crippen LogP contribution in [0.3, 0.4) is 0 Å². The smallest absolute Gasteiger partial charge is 0.416 e. The van der Waals surface area contributed by atoms with Crippen molar-refractivity contribution in [2.24, 2.45) is 17.3 Å². The Bertz CT molecular complexity index is 1420. The van der Waals surface area contributed by atoms with E-state index in [-0.39, 0.29) is 34.9 Å². The highest BCUT2D eigenvalue weighted by Gasteiger charge is 2.54. The third kappa shape index (κ3) is 5.79. The standard InChI is InChI=1S/C33H37ClF4N2O3/c1-19-17-39(12-8-25(19)20-2-5-29(35)27(15-20)30(41)42)24-6-10-32(11-7-24,22-3-4-22)31(43)40-13-9-26-21(18-40)14-23(16-28(26)34)33(36,37)38/h2,5,14-16,19,22,24-25H,3-4,6-13,17-18H2,1H3,(H,41,42)/t19-,24-,25-,32+/m0/s1. The van der Waals surface area contributed by atoms with Gasteiger partial charge in [0.1, 0.15) is 5.82 Å². The molecule has 2 saturated carbocycles. The lowest BCUT2D eigenvalue weighted by molar-refractivity contribution is -0.148. The fourth-order valence-corrected chi connectivity index (χ4v) is 8.49. The average molecular weight is 621 g/mol. The molecule has 1 amide bonds. The van der Waals surface area contributed by atoms with Gasteiger partial charge < -0.3 is 14.9 Å². The molecule has 5 nitrogen and oxygen atoms in total. The summed E-state index contributed by atoms with van der Waals surface area (Å²) in [6.07, 6.45) is 2.20. The summed E-state index contributed by atoms with van der Waals surface area (Å²) in [7, 11) is 0. The van der Waals surface area contributed by atoms with Crippen LogP contribution in [0, 0.1) is 23.1 Å². The first kappa shape index (κ1) is 30.4. The molecule has 0 aromatic heterocycles. The summed E-state index contributed by atoms with van der Waals surface area (Å²) in [6.45, 7) is 4.49. The zero-order valence-corrected chi connectivity index (χ0v) is 25.0. The van der Waals surface area contributed by atoms with Crippen molar-refractivity contribution in [3.8, 4) is 0 Å². The number of carboxylic acids is 1. The fourth-order valence-electron chi connectivity index (χ4n) is 8.16. The van der Waals surface area contributed by atoms with Gasteiger partial charge in [-0.25, -0.2) is 9.18 Å². The molecule has 2 aromatic carbocycles. The maximum Gasteiger partial charge on any atom is 0.416 e. The number of hydrogen-bond donors (Lipinski definition) is 1. The molecule has 1 N–H and O–H groups in total. The van der Waals surface area contributed by atoms with Crippen molar-refractivity contribution >= 4 is 23.5 Å². The first-order valence-corrected chi connectivity index (χ1v) is 15.7. The van der Waals surface area contributed by atoms with E-state index in [9.17, 15) is 32.3 Å². The predicted molar refractivity (Wildman–Crippen MR) is 154 cm³/mol. The highest BCUT2D eigenvalue weighted by molar-refractivity contribution is 6.31. The molecule has 1 saturated heterocycles. The van der Waals surface area contributed by atoms with Crippen molar-refractivity contribution < 1.29 is 32.3 Å². The second-order valence-electron chi connectivity index (χ2n) is 13.1. The topological polar surface area (TPSA) is 60.9 Å². The van der Waals surface area contributed by atoms with Crippen molar-refractivity contribution in [3.05, 3.63) is 69.0 Å². The Kier molecular flexibility index (Phi) is 8.03. The number of carboxylic acid groups (broad SMARTS) is 1. The molecular formula is C33H37ClF4N2O3. The van der Waals surface area contributed by atoms with Crippen LogP contribution >= 0.6 is 11.6 Å². The van der Waals surface area contributed by atoms with Crippen LogP contribution < -0.4 is 0 Å². The van der Waals surface area contributed by atoms with Crippen LogP contribution in [0.25, 0.3) is 0 Å². The molecule has 43 heavy (non-hydrogen) atoms. The molecule has 4 aliphatic rings. The van der Waals surface area contributed by atoms with Gasteiger partial charge in [-0.3, -0.25) is 4.79 Å². The van der Waals surface area contributed by atoms with Gasteiger partial charge >= 0.3 is 12.1 Å². The molecule has 2 aliphatic carbocycles. The second-order valence-corrected chi connectivity index (χ2v) is 13.6. The number of benzene rings is 2. The summed E-state index contributed by atoms with van der Waals surface area (Å²) in [5, 5.41) is 9.47. The van der Waals surface area contributed by atoms with Crippen molar-refractivity contribution in [3.63, 3.8) is 0 Å². The minimum atomic E-state index is -4.50. The van der Waals surface area contributed by atoms with Gasteiger partial charge in [0.2, 0.25) is 5.91 Å². The SMILES string of the molecule is C[C@H]1CN([C@H]2CC[C@](C(=O)N3CCc4c(Cl)cc(C(F)(F)F)cc4C3)(C3CC3)CC2)CC[C@@H]1c1ccc(F)c(C(=O)O)c1. The number of likely N-dealkylation sites (tertiary alicyclic amines) is 1. The van der Waals surface area contributed by atoms with Crippen molar-refractivity contribution in [1.82, 2.24) is 9.80 Å². The number of fused-ring (bicyclic) bond motifs is 1. The van der Waals surface area contributed by atoms with Gasteiger partial charge in [0.25, 0.3) is 0 Å². The molecule has 2 aromatic rings. The van der Waals surface area contributed by atoms with Gasteiger partial charge in [-0.05, 0) is 117 Å². The summed E-state index contributed by atoms with van der Waals surface area (Å²) < 4.78 is 54.4. The molecule has 10 heteroatoms. The molecule has 0 bridgehead atoms. The highest BCUT2D eigenvalue weighted by atomic mass is 35.5. The second kappa shape index (κ2) is 11.4. The third-order valence-electron chi connectivity index (χ3n) is 10.6. The molecule has 2 atom stereocenters. The van der Waals surface area contributed by atoms with Gasteiger partial charge in [0, 0.05) is 30.7 Å². The fraction of sp³-hybridized carbons (Fsp3) is 0.576. The largest absolute Gasteiger partial charge is 0.478 e. The number of halogens is 5. The first-order chi connectivity index (χ1) is 20.4. The molecule has 2 aliphatic heterocycles. The Labute approximate surface area is 254 Å². The van der Waals surface area contributed by atoms with Crippen LogP contribution in [0.4, 0.5) is 17.6 Å². The Hall–Kier alpha value is -2.65. The van der Waals surface area contributed by atoms with Crippen LogP contribution in [0.5, 0.6) is 0 Å². The van der Waals surface area contributed by atoms with Crippen LogP contribution in [-0.2, 0) is 23.9 Å². The quantitative estimate of drug-likeness (QED) is 0.351. The normalized spacial score (nSPS) is 28.4. The summed E-state index contributed by atoms with van der Waals surface area (Å²) in [4.78, 5) is 29.9. The van der Waals surface area contributed by atoms with Crippen molar-refractivity contribution in [1.29, 1.82) is 0 Å². The zero-order chi connectivity index (χ0) is 30.7. The van der Waals surface area contributed by atoms with E-state index in [1.807, 2.05) is 0 Å². The lowest BCUT2D eigenvalue weighted by Crippen LogP contribution is -2.52. The lowest BCUT2D eigenvalue weighted by atomic mass is 9.67. The van der Waals surface area contributed by atoms with E-state index >= 15 is 0 Å². The minimum absolute atomic E-state index is 0.0882. The highest BCUT2D eigenvalue weighted by Crippen LogP contribution is 2.55.